The maximum atomic E-state index is 11.0. The molecule has 0 saturated heterocycles. The molecule has 0 aromatic heterocycles. The van der Waals surface area contributed by atoms with Crippen LogP contribution in [-0.4, -0.2) is 35.0 Å². The number of carbonyl (C=O) groups excluding carboxylic acids is 2. The number of aromatic carboxylic acids is 1. The number of allylic oxidation sites excluding steroid dienone is 4. The van der Waals surface area contributed by atoms with E-state index in [2.05, 4.69) is 15.9 Å². The summed E-state index contributed by atoms with van der Waals surface area (Å²) < 4.78 is 9.81. The standard InChI is InChI=1S/C11H11BrO5.C9H14O2/c1-4-5(2)10(17-6(3)13)8(12)9(14)7(4)11(15)16;1-7(2)5-9(10)6-8(3)11-4/h14H,1-3H3,(H,15,16);5-6H,1-4H3/b;8-6+. The topological polar surface area (TPSA) is 110 Å². The number of hydrogen-bond donors (Lipinski definition) is 2. The minimum absolute atomic E-state index is 0.0237. The molecule has 0 aliphatic carbocycles. The van der Waals surface area contributed by atoms with Crippen molar-refractivity contribution in [1.82, 2.24) is 0 Å². The fourth-order valence-corrected chi connectivity index (χ4v) is 2.61. The van der Waals surface area contributed by atoms with Crippen LogP contribution in [0.3, 0.4) is 0 Å². The van der Waals surface area contributed by atoms with Gasteiger partial charge in [0.05, 0.1) is 12.9 Å². The number of rotatable bonds is 5. The third-order valence-electron chi connectivity index (χ3n) is 3.48. The first kappa shape index (κ1) is 25.4. The Morgan fingerprint density at radius 3 is 1.93 bits per heavy atom. The molecule has 0 aliphatic heterocycles. The Morgan fingerprint density at radius 2 is 1.54 bits per heavy atom. The number of methoxy groups -OCH3 is 1. The van der Waals surface area contributed by atoms with Crippen LogP contribution in [0.5, 0.6) is 11.5 Å². The molecule has 0 radical (unpaired) electrons. The van der Waals surface area contributed by atoms with E-state index in [9.17, 15) is 19.5 Å². The van der Waals surface area contributed by atoms with Gasteiger partial charge in [-0.2, -0.15) is 0 Å². The molecular formula is C20H25BrO7. The number of carbonyl (C=O) groups is 3. The van der Waals surface area contributed by atoms with Crippen molar-refractivity contribution in [2.24, 2.45) is 0 Å². The molecule has 0 spiro atoms. The molecule has 8 heteroatoms. The van der Waals surface area contributed by atoms with Gasteiger partial charge in [0.1, 0.15) is 15.8 Å². The van der Waals surface area contributed by atoms with E-state index in [0.29, 0.717) is 16.9 Å². The summed E-state index contributed by atoms with van der Waals surface area (Å²) in [4.78, 5) is 32.9. The summed E-state index contributed by atoms with van der Waals surface area (Å²) in [6.07, 6.45) is 3.04. The maximum Gasteiger partial charge on any atom is 0.339 e. The maximum absolute atomic E-state index is 11.0. The molecule has 2 N–H and O–H groups in total. The van der Waals surface area contributed by atoms with Crippen molar-refractivity contribution in [2.75, 3.05) is 7.11 Å². The summed E-state index contributed by atoms with van der Waals surface area (Å²) in [5.74, 6) is -1.49. The molecule has 0 saturated carbocycles. The number of hydrogen-bond acceptors (Lipinski definition) is 6. The molecule has 0 aliphatic rings. The molecule has 1 aromatic carbocycles. The van der Waals surface area contributed by atoms with Crippen LogP contribution in [0.1, 0.15) is 49.2 Å². The van der Waals surface area contributed by atoms with Gasteiger partial charge in [0.25, 0.3) is 0 Å². The third kappa shape index (κ3) is 7.56. The van der Waals surface area contributed by atoms with Gasteiger partial charge in [-0.15, -0.1) is 0 Å². The third-order valence-corrected chi connectivity index (χ3v) is 4.22. The number of ketones is 1. The Hall–Kier alpha value is -2.61. The largest absolute Gasteiger partial charge is 0.506 e. The van der Waals surface area contributed by atoms with Crippen molar-refractivity contribution in [3.63, 3.8) is 0 Å². The first-order valence-electron chi connectivity index (χ1n) is 8.17. The smallest absolute Gasteiger partial charge is 0.339 e. The van der Waals surface area contributed by atoms with Crippen molar-refractivity contribution in [3.05, 3.63) is 44.6 Å². The minimum atomic E-state index is -1.24. The predicted molar refractivity (Wildman–Crippen MR) is 109 cm³/mol. The molecule has 1 aromatic rings. The minimum Gasteiger partial charge on any atom is -0.506 e. The molecule has 0 bridgehead atoms. The lowest BCUT2D eigenvalue weighted by Gasteiger charge is -2.15. The number of ether oxygens (including phenoxy) is 2. The number of phenols is 1. The molecule has 0 amide bonds. The van der Waals surface area contributed by atoms with Crippen molar-refractivity contribution in [3.8, 4) is 11.5 Å². The fourth-order valence-electron chi connectivity index (χ4n) is 2.03. The van der Waals surface area contributed by atoms with Crippen LogP contribution in [-0.2, 0) is 14.3 Å². The highest BCUT2D eigenvalue weighted by Gasteiger charge is 2.23. The highest BCUT2D eigenvalue weighted by molar-refractivity contribution is 9.10. The summed E-state index contributed by atoms with van der Waals surface area (Å²) in [5.41, 5.74) is 1.64. The first-order chi connectivity index (χ1) is 12.8. The number of benzene rings is 1. The van der Waals surface area contributed by atoms with E-state index in [-0.39, 0.29) is 21.6 Å². The van der Waals surface area contributed by atoms with Crippen LogP contribution in [0, 0.1) is 13.8 Å². The lowest BCUT2D eigenvalue weighted by molar-refractivity contribution is -0.132. The highest BCUT2D eigenvalue weighted by Crippen LogP contribution is 2.41. The van der Waals surface area contributed by atoms with E-state index in [4.69, 9.17) is 14.6 Å². The van der Waals surface area contributed by atoms with Crippen LogP contribution in [0.15, 0.2) is 28.0 Å². The summed E-state index contributed by atoms with van der Waals surface area (Å²) in [6, 6.07) is 0. The van der Waals surface area contributed by atoms with Gasteiger partial charge in [-0.05, 0) is 67.8 Å². The summed E-state index contributed by atoms with van der Waals surface area (Å²) >= 11 is 3.02. The van der Waals surface area contributed by atoms with Crippen molar-refractivity contribution in [2.45, 2.75) is 41.5 Å². The number of halogens is 1. The van der Waals surface area contributed by atoms with E-state index >= 15 is 0 Å². The number of esters is 1. The van der Waals surface area contributed by atoms with Crippen LogP contribution < -0.4 is 4.74 Å². The van der Waals surface area contributed by atoms with Crippen LogP contribution in [0.25, 0.3) is 0 Å². The van der Waals surface area contributed by atoms with Gasteiger partial charge in [0.15, 0.2) is 11.5 Å². The van der Waals surface area contributed by atoms with E-state index in [1.54, 1.807) is 27.0 Å². The number of aromatic hydroxyl groups is 1. The molecule has 0 fully saturated rings. The van der Waals surface area contributed by atoms with E-state index < -0.39 is 17.7 Å². The molecule has 0 heterocycles. The van der Waals surface area contributed by atoms with Gasteiger partial charge < -0.3 is 19.7 Å². The Bertz CT molecular complexity index is 802. The summed E-state index contributed by atoms with van der Waals surface area (Å²) in [5, 5.41) is 18.7. The Labute approximate surface area is 172 Å². The van der Waals surface area contributed by atoms with Gasteiger partial charge >= 0.3 is 11.9 Å². The van der Waals surface area contributed by atoms with Crippen molar-refractivity contribution < 1.29 is 34.1 Å². The zero-order valence-electron chi connectivity index (χ0n) is 17.0. The average molecular weight is 457 g/mol. The van der Waals surface area contributed by atoms with Crippen molar-refractivity contribution >= 4 is 33.7 Å². The fraction of sp³-hybridized carbons (Fsp3) is 0.350. The van der Waals surface area contributed by atoms with E-state index in [1.807, 2.05) is 13.8 Å². The predicted octanol–water partition coefficient (Wildman–Crippen LogP) is 4.47. The average Bonchev–Trinajstić information content (AvgIpc) is 2.56. The molecule has 154 valence electrons. The van der Waals surface area contributed by atoms with E-state index in [1.165, 1.54) is 19.9 Å². The number of carboxylic acid groups (broad SMARTS) is 1. The molecule has 0 atom stereocenters. The Balaban J connectivity index is 0.000000576. The van der Waals surface area contributed by atoms with Gasteiger partial charge in [-0.25, -0.2) is 4.79 Å². The molecule has 1 rings (SSSR count). The highest BCUT2D eigenvalue weighted by atomic mass is 79.9. The van der Waals surface area contributed by atoms with Gasteiger partial charge in [0.2, 0.25) is 0 Å². The Kier molecular flexibility index (Phi) is 10.2. The Morgan fingerprint density at radius 1 is 1.00 bits per heavy atom. The lowest BCUT2D eigenvalue weighted by Crippen LogP contribution is -2.08. The van der Waals surface area contributed by atoms with Crippen LogP contribution in [0.2, 0.25) is 0 Å². The first-order valence-corrected chi connectivity index (χ1v) is 8.97. The monoisotopic (exact) mass is 456 g/mol. The lowest BCUT2D eigenvalue weighted by atomic mass is 10.0. The number of carboxylic acids is 1. The second kappa shape index (κ2) is 11.3. The summed E-state index contributed by atoms with van der Waals surface area (Å²) in [7, 11) is 1.54. The zero-order valence-corrected chi connectivity index (χ0v) is 18.6. The second-order valence-corrected chi connectivity index (χ2v) is 6.89. The molecule has 0 unspecified atom stereocenters. The van der Waals surface area contributed by atoms with Gasteiger partial charge in [0, 0.05) is 13.0 Å². The van der Waals surface area contributed by atoms with Gasteiger partial charge in [-0.3, -0.25) is 9.59 Å². The molecular weight excluding hydrogens is 432 g/mol. The summed E-state index contributed by atoms with van der Waals surface area (Å²) in [6.45, 7) is 9.89. The van der Waals surface area contributed by atoms with Crippen LogP contribution in [0.4, 0.5) is 0 Å². The van der Waals surface area contributed by atoms with Gasteiger partial charge in [-0.1, -0.05) is 5.57 Å². The molecule has 28 heavy (non-hydrogen) atoms. The SMILES string of the molecule is CC(=O)Oc1c(C)c(C)c(C(=O)O)c(O)c1Br.CO/C(C)=C/C(=O)C=C(C)C. The van der Waals surface area contributed by atoms with Crippen molar-refractivity contribution in [1.29, 1.82) is 0 Å². The molecule has 7 nitrogen and oxygen atoms in total. The van der Waals surface area contributed by atoms with E-state index in [0.717, 1.165) is 5.57 Å². The zero-order chi connectivity index (χ0) is 22.2. The quantitative estimate of drug-likeness (QED) is 0.291. The normalized spacial score (nSPS) is 10.4. The van der Waals surface area contributed by atoms with Crippen LogP contribution >= 0.6 is 15.9 Å². The second-order valence-electron chi connectivity index (χ2n) is 6.10.